The van der Waals surface area contributed by atoms with Crippen molar-refractivity contribution < 1.29 is 193 Å². The molecular weight excluding hydrogens is 1680 g/mol. The van der Waals surface area contributed by atoms with Gasteiger partial charge in [-0.15, -0.1) is 0 Å². The number of halogens is 2. The molecule has 0 aliphatic carbocycles. The van der Waals surface area contributed by atoms with E-state index in [1.54, 1.807) is 63.8 Å². The zero-order valence-electron chi connectivity index (χ0n) is 78.1. The Morgan fingerprint density at radius 2 is 0.680 bits per heavy atom. The number of ketones is 3. The Morgan fingerprint density at radius 1 is 0.459 bits per heavy atom. The van der Waals surface area contributed by atoms with Crippen molar-refractivity contribution in [3.05, 3.63) is 306 Å². The normalized spacial score (nSPS) is 12.4. The summed E-state index contributed by atoms with van der Waals surface area (Å²) in [5.41, 5.74) is 21.9. The van der Waals surface area contributed by atoms with Gasteiger partial charge in [-0.3, -0.25) is 24.0 Å². The molecule has 0 aromatic heterocycles. The maximum atomic E-state index is 11.1. The zero-order chi connectivity index (χ0) is 88.0. The van der Waals surface area contributed by atoms with Gasteiger partial charge in [0.15, 0.2) is 0 Å². The molecule has 0 spiro atoms. The minimum Gasteiger partial charge on any atom is -1.00 e. The van der Waals surface area contributed by atoms with Crippen molar-refractivity contribution in [2.24, 2.45) is 0 Å². The monoisotopic (exact) mass is 1820 g/mol. The first-order chi connectivity index (χ1) is 57.3. The van der Waals surface area contributed by atoms with Crippen LogP contribution in [0.2, 0.25) is 0 Å². The molecule has 19 nitrogen and oxygen atoms in total. The molecule has 0 bridgehead atoms. The summed E-state index contributed by atoms with van der Waals surface area (Å²) in [6, 6.07) is 93.0. The molecule has 0 unspecified atom stereocenters. The number of aliphatic hydroxyl groups is 1. The minimum atomic E-state index is -0.273. The number of nitrogens with zero attached hydrogens (tertiary/aromatic N) is 3. The summed E-state index contributed by atoms with van der Waals surface area (Å²) in [5, 5.41) is 23.0. The van der Waals surface area contributed by atoms with Gasteiger partial charge < -0.3 is 73.9 Å². The Bertz CT molecular complexity index is 3410. The third-order valence-corrected chi connectivity index (χ3v) is 17.1. The molecule has 13 rings (SSSR count). The first-order valence-electron chi connectivity index (χ1n) is 39.9. The number of hydrogen-bond acceptors (Lipinski definition) is 19. The first kappa shape index (κ1) is 130. The fourth-order valence-electron chi connectivity index (χ4n) is 10.4. The van der Waals surface area contributed by atoms with Gasteiger partial charge in [-0.25, -0.2) is 0 Å². The van der Waals surface area contributed by atoms with Crippen LogP contribution in [0.4, 0.5) is 17.1 Å². The molecule has 4 aliphatic rings. The Labute approximate surface area is 859 Å². The molecular formula is C97H142BBrClK2N7NaO12. The van der Waals surface area contributed by atoms with Crippen LogP contribution < -0.4 is 160 Å². The number of aliphatic hydroxyl groups excluding tert-OH is 1. The van der Waals surface area contributed by atoms with E-state index in [2.05, 4.69) is 237 Å². The second-order valence-corrected chi connectivity index (χ2v) is 27.7. The van der Waals surface area contributed by atoms with E-state index in [4.69, 9.17) is 38.2 Å². The van der Waals surface area contributed by atoms with Gasteiger partial charge in [0, 0.05) is 218 Å². The van der Waals surface area contributed by atoms with Crippen LogP contribution in [-0.2, 0) is 73.5 Å². The number of Topliss-reactive ketones (excluding diaryl/α,β-unsaturated/α-hetero) is 3. The number of nitrogens with two attached hydrogens (primary N) is 2. The number of carbonyl (C=O) groups excluding carboxylic acids is 5. The van der Waals surface area contributed by atoms with Gasteiger partial charge in [0.25, 0.3) is 6.47 Å². The molecule has 9 aromatic carbocycles. The van der Waals surface area contributed by atoms with E-state index in [9.17, 15) is 19.2 Å². The van der Waals surface area contributed by atoms with Gasteiger partial charge in [-0.05, 0) is 123 Å². The number of hydrogen-bond donors (Lipinski definition) is 5. The largest absolute Gasteiger partial charge is 1.00 e. The van der Waals surface area contributed by atoms with Crippen LogP contribution in [0.5, 0.6) is 0 Å². The summed E-state index contributed by atoms with van der Waals surface area (Å²) in [7, 11) is 14.0. The summed E-state index contributed by atoms with van der Waals surface area (Å²) in [6.07, 6.45) is 11.8. The summed E-state index contributed by atoms with van der Waals surface area (Å²) < 4.78 is 17.0. The van der Waals surface area contributed by atoms with Crippen LogP contribution in [0.15, 0.2) is 273 Å². The van der Waals surface area contributed by atoms with Crippen molar-refractivity contribution >= 4 is 82.1 Å². The maximum absolute atomic E-state index is 11.1. The van der Waals surface area contributed by atoms with Crippen LogP contribution in [0.25, 0.3) is 0 Å². The molecule has 4 heterocycles. The molecule has 7 N–H and O–H groups in total. The third kappa shape index (κ3) is 88.7. The van der Waals surface area contributed by atoms with E-state index in [1.807, 2.05) is 115 Å². The number of ether oxygens (including phenoxy) is 4. The number of methoxy groups -OCH3 is 4. The predicted octanol–water partition coefficient (Wildman–Crippen LogP) is 7.80. The minimum absolute atomic E-state index is 0. The van der Waals surface area contributed by atoms with Crippen molar-refractivity contribution in [1.29, 1.82) is 0 Å². The number of carbonyl (C=O) groups is 5. The van der Waals surface area contributed by atoms with Crippen LogP contribution in [0.3, 0.4) is 0 Å². The SMILES string of the molecule is BrCCc1ccccc1.CCC(=O)Cl.CO.COC.COC.COC.COC.Cc1ccccc1.Cc1ccccc1.Nc1ccccc1.Nc1ccccc1.O=C1CCN(CCc2ccccc2)CC1.O=C1CCN(CCc2ccccc2)CC1.O=C1CCNCC1.O=CO[O-].[B].[H-].[H-].[K+].[K+].[Na+].c1ccc(CCN2CCC(Nc3ccccc3)CC2)cc1. The second kappa shape index (κ2) is 100. The number of rotatable bonds is 15. The van der Waals surface area contributed by atoms with E-state index in [0.717, 1.165) is 140 Å². The third-order valence-electron chi connectivity index (χ3n) is 16.4. The topological polar surface area (TPSA) is 261 Å². The zero-order valence-corrected chi connectivity index (χ0v) is 86.7. The Balaban J connectivity index is -0.000000169. The number of nitrogens with one attached hydrogen (secondary N) is 2. The number of likely N-dealkylation sites (tertiary alicyclic amines) is 3. The van der Waals surface area contributed by atoms with E-state index < -0.39 is 0 Å². The summed E-state index contributed by atoms with van der Waals surface area (Å²) in [5.74, 6) is 1.25. The van der Waals surface area contributed by atoms with Gasteiger partial charge in [0.1, 0.15) is 17.3 Å². The van der Waals surface area contributed by atoms with Crippen LogP contribution >= 0.6 is 27.5 Å². The average molecular weight is 1830 g/mol. The van der Waals surface area contributed by atoms with Crippen molar-refractivity contribution in [2.45, 2.75) is 110 Å². The standard InChI is InChI=1S/C19H24N2.2C13H17NO.C8H9Br.2C7H8.2C6H7N.C5H9NO.C3H5ClO.4C2H6O.CH2O3.CH4O.B.2K.Na.2H/c1-3-7-17(8-4-1)11-14-21-15-12-19(13-16-21)20-18-9-5-2-6-10-18;2*15-13-7-10-14(11-8-13)9-6-12-4-2-1-3-5-12;9-7-6-8-4-2-1-3-5-8;2*1-7-5-3-2-4-6-7;2*7-6-4-2-1-3-5-6;7-5-1-3-6-4-2-5;1-2-3(4)5;4*1-3-2;2-1-4-3;1-2;;;;;;/h1-10,19-20H,11-16H2;2*1-5H,6-11H2;1-5H,6-7H2;2*2-6H,1H3;2*1-5H,7H2;6H,1-4H2;2H2,1H3;4*1-2H3;1,3H;2H,1H3;;;;;;/q;;;;;;;;;;;;;;;;;3*+1;2*-1/p-1. The van der Waals surface area contributed by atoms with E-state index in [0.29, 0.717) is 29.8 Å². The van der Waals surface area contributed by atoms with Crippen LogP contribution in [0.1, 0.15) is 101 Å². The Kier molecular flexibility index (Phi) is 107. The molecule has 122 heavy (non-hydrogen) atoms. The fourth-order valence-corrected chi connectivity index (χ4v) is 10.8. The van der Waals surface area contributed by atoms with Gasteiger partial charge >= 0.3 is 132 Å². The van der Waals surface area contributed by atoms with Crippen LogP contribution in [0, 0.1) is 13.8 Å². The number of anilines is 3. The molecule has 0 amide bonds. The Hall–Kier alpha value is -4.76. The maximum Gasteiger partial charge on any atom is 1.00 e. The van der Waals surface area contributed by atoms with Crippen molar-refractivity contribution in [2.75, 3.05) is 158 Å². The number of nitrogen functional groups attached to an aromatic ring is 2. The van der Waals surface area contributed by atoms with E-state index in [1.165, 1.54) is 71.5 Å². The molecule has 4 saturated heterocycles. The van der Waals surface area contributed by atoms with E-state index in [-0.39, 0.29) is 155 Å². The Morgan fingerprint density at radius 3 is 0.877 bits per heavy atom. The molecule has 25 heteroatoms. The quantitative estimate of drug-likeness (QED) is 0.0125. The predicted molar refractivity (Wildman–Crippen MR) is 503 cm³/mol. The van der Waals surface area contributed by atoms with Gasteiger partial charge in [0.05, 0.1) is 0 Å². The van der Waals surface area contributed by atoms with Crippen molar-refractivity contribution in [1.82, 2.24) is 20.0 Å². The van der Waals surface area contributed by atoms with Gasteiger partial charge in [0.2, 0.25) is 5.24 Å². The number of aryl methyl sites for hydroxylation is 3. The van der Waals surface area contributed by atoms with Gasteiger partial charge in [-0.2, -0.15) is 0 Å². The van der Waals surface area contributed by atoms with E-state index >= 15 is 0 Å². The molecule has 4 aliphatic heterocycles. The number of benzene rings is 9. The number of alkyl halides is 1. The molecule has 9 aromatic rings. The first-order valence-corrected chi connectivity index (χ1v) is 41.4. The smallest absolute Gasteiger partial charge is 1.00 e. The molecule has 657 valence electrons. The molecule has 0 atom stereocenters. The van der Waals surface area contributed by atoms with Gasteiger partial charge in [-0.1, -0.05) is 271 Å². The average Bonchev–Trinajstić information content (AvgIpc) is 0.881. The molecule has 3 radical (unpaired) electrons. The summed E-state index contributed by atoms with van der Waals surface area (Å²) in [4.78, 5) is 60.7. The summed E-state index contributed by atoms with van der Waals surface area (Å²) in [6.45, 7) is 17.0. The van der Waals surface area contributed by atoms with Crippen molar-refractivity contribution in [3.8, 4) is 0 Å². The number of piperidine rings is 4. The fraction of sp³-hybridized carbons (Fsp3) is 0.392. The van der Waals surface area contributed by atoms with Crippen molar-refractivity contribution in [3.63, 3.8) is 0 Å². The molecule has 0 saturated carbocycles. The molecule has 4 fully saturated rings. The van der Waals surface area contributed by atoms with Crippen LogP contribution in [-0.4, -0.2) is 205 Å². The second-order valence-electron chi connectivity index (χ2n) is 26.5. The number of para-hydroxylation sites is 3. The summed E-state index contributed by atoms with van der Waals surface area (Å²) >= 11 is 8.21.